The zero-order valence-electron chi connectivity index (χ0n) is 18.2. The van der Waals surface area contributed by atoms with Gasteiger partial charge in [0.1, 0.15) is 6.61 Å². The number of alkyl halides is 3. The molecular formula is C27H24F3NO2. The summed E-state index contributed by atoms with van der Waals surface area (Å²) in [6.07, 6.45) is -1.06. The molecular weight excluding hydrogens is 427 g/mol. The Morgan fingerprint density at radius 3 is 2.27 bits per heavy atom. The average Bonchev–Trinajstić information content (AvgIpc) is 3.10. The van der Waals surface area contributed by atoms with Gasteiger partial charge in [-0.25, -0.2) is 4.79 Å². The molecule has 0 fully saturated rings. The molecule has 0 radical (unpaired) electrons. The van der Waals surface area contributed by atoms with Gasteiger partial charge in [-0.15, -0.1) is 0 Å². The summed E-state index contributed by atoms with van der Waals surface area (Å²) in [5.74, 6) is -0.00723. The molecule has 1 N–H and O–H groups in total. The first-order valence-electron chi connectivity index (χ1n) is 10.8. The Kier molecular flexibility index (Phi) is 6.54. The molecule has 0 saturated carbocycles. The van der Waals surface area contributed by atoms with Crippen LogP contribution in [0.15, 0.2) is 72.8 Å². The van der Waals surface area contributed by atoms with Crippen LogP contribution >= 0.6 is 0 Å². The molecule has 1 amide bonds. The van der Waals surface area contributed by atoms with E-state index < -0.39 is 17.8 Å². The van der Waals surface area contributed by atoms with Crippen molar-refractivity contribution in [1.29, 1.82) is 0 Å². The highest BCUT2D eigenvalue weighted by Gasteiger charge is 2.31. The predicted octanol–water partition coefficient (Wildman–Crippen LogP) is 6.96. The van der Waals surface area contributed by atoms with Crippen molar-refractivity contribution in [2.75, 3.05) is 13.2 Å². The lowest BCUT2D eigenvalue weighted by molar-refractivity contribution is -0.137. The molecule has 6 heteroatoms. The fraction of sp³-hybridized carbons (Fsp3) is 0.222. The predicted molar refractivity (Wildman–Crippen MR) is 123 cm³/mol. The Labute approximate surface area is 190 Å². The second-order valence-corrected chi connectivity index (χ2v) is 8.07. The van der Waals surface area contributed by atoms with E-state index >= 15 is 0 Å². The zero-order valence-corrected chi connectivity index (χ0v) is 18.2. The van der Waals surface area contributed by atoms with Gasteiger partial charge in [0.05, 0.1) is 5.56 Å². The van der Waals surface area contributed by atoms with E-state index in [1.165, 1.54) is 0 Å². The van der Waals surface area contributed by atoms with Gasteiger partial charge in [-0.3, -0.25) is 0 Å². The number of benzene rings is 3. The maximum Gasteiger partial charge on any atom is 0.416 e. The second kappa shape index (κ2) is 9.53. The highest BCUT2D eigenvalue weighted by Crippen LogP contribution is 2.44. The SMILES string of the molecule is Cc1cc(C=CCCNC(=O)OCC2c3ccccc3-c3ccccc32)cc(C(F)(F)F)c1. The van der Waals surface area contributed by atoms with Crippen LogP contribution in [0.3, 0.4) is 0 Å². The first kappa shape index (κ1) is 22.6. The largest absolute Gasteiger partial charge is 0.449 e. The van der Waals surface area contributed by atoms with E-state index in [-0.39, 0.29) is 12.5 Å². The van der Waals surface area contributed by atoms with Gasteiger partial charge in [0.15, 0.2) is 0 Å². The summed E-state index contributed by atoms with van der Waals surface area (Å²) in [4.78, 5) is 12.2. The van der Waals surface area contributed by atoms with Crippen molar-refractivity contribution >= 4 is 12.2 Å². The number of ether oxygens (including phenoxy) is 1. The highest BCUT2D eigenvalue weighted by molar-refractivity contribution is 5.79. The summed E-state index contributed by atoms with van der Waals surface area (Å²) >= 11 is 0. The number of amides is 1. The van der Waals surface area contributed by atoms with Gasteiger partial charge >= 0.3 is 12.3 Å². The molecule has 0 spiro atoms. The topological polar surface area (TPSA) is 38.3 Å². The first-order valence-corrected chi connectivity index (χ1v) is 10.8. The minimum absolute atomic E-state index is 0.00723. The molecule has 0 bridgehead atoms. The third-order valence-electron chi connectivity index (χ3n) is 5.66. The molecule has 0 saturated heterocycles. The number of carbonyl (C=O) groups excluding carboxylic acids is 1. The number of halogens is 3. The van der Waals surface area contributed by atoms with E-state index in [0.717, 1.165) is 34.4 Å². The highest BCUT2D eigenvalue weighted by atomic mass is 19.4. The normalized spacial score (nSPS) is 13.1. The zero-order chi connectivity index (χ0) is 23.4. The lowest BCUT2D eigenvalue weighted by Crippen LogP contribution is -2.26. The number of aryl methyl sites for hydroxylation is 1. The van der Waals surface area contributed by atoms with E-state index in [1.807, 2.05) is 24.3 Å². The first-order chi connectivity index (χ1) is 15.8. The molecule has 33 heavy (non-hydrogen) atoms. The lowest BCUT2D eigenvalue weighted by Gasteiger charge is -2.14. The number of alkyl carbamates (subject to hydrolysis) is 1. The van der Waals surface area contributed by atoms with Crippen molar-refractivity contribution in [3.8, 4) is 11.1 Å². The second-order valence-electron chi connectivity index (χ2n) is 8.07. The molecule has 3 nitrogen and oxygen atoms in total. The molecule has 0 aromatic heterocycles. The third-order valence-corrected chi connectivity index (χ3v) is 5.66. The molecule has 3 aromatic rings. The molecule has 0 aliphatic heterocycles. The van der Waals surface area contributed by atoms with Gasteiger partial charge in [-0.1, -0.05) is 66.7 Å². The number of hydrogen-bond acceptors (Lipinski definition) is 2. The Balaban J connectivity index is 1.28. The van der Waals surface area contributed by atoms with Gasteiger partial charge < -0.3 is 10.1 Å². The van der Waals surface area contributed by atoms with E-state index in [4.69, 9.17) is 4.74 Å². The number of fused-ring (bicyclic) bond motifs is 3. The van der Waals surface area contributed by atoms with Gasteiger partial charge in [0, 0.05) is 12.5 Å². The molecule has 4 rings (SSSR count). The summed E-state index contributed by atoms with van der Waals surface area (Å²) in [5, 5.41) is 2.70. The fourth-order valence-corrected chi connectivity index (χ4v) is 4.20. The molecule has 3 aromatic carbocycles. The van der Waals surface area contributed by atoms with E-state index in [0.29, 0.717) is 24.1 Å². The van der Waals surface area contributed by atoms with Crippen LogP contribution in [0.2, 0.25) is 0 Å². The van der Waals surface area contributed by atoms with Crippen LogP contribution in [0.1, 0.15) is 40.2 Å². The van der Waals surface area contributed by atoms with Crippen LogP contribution in [0.4, 0.5) is 18.0 Å². The molecule has 1 aliphatic rings. The third kappa shape index (κ3) is 5.28. The summed E-state index contributed by atoms with van der Waals surface area (Å²) in [6.45, 7) is 2.19. The molecule has 170 valence electrons. The van der Waals surface area contributed by atoms with Gasteiger partial charge in [0.25, 0.3) is 0 Å². The Morgan fingerprint density at radius 2 is 1.64 bits per heavy atom. The smallest absolute Gasteiger partial charge is 0.416 e. The Bertz CT molecular complexity index is 1140. The van der Waals surface area contributed by atoms with Crippen LogP contribution in [-0.4, -0.2) is 19.2 Å². The van der Waals surface area contributed by atoms with E-state index in [9.17, 15) is 18.0 Å². The number of rotatable bonds is 6. The number of nitrogens with one attached hydrogen (secondary N) is 1. The molecule has 0 heterocycles. The van der Waals surface area contributed by atoms with Crippen molar-refractivity contribution in [1.82, 2.24) is 5.32 Å². The van der Waals surface area contributed by atoms with Crippen molar-refractivity contribution in [2.24, 2.45) is 0 Å². The van der Waals surface area contributed by atoms with Crippen molar-refractivity contribution < 1.29 is 22.7 Å². The summed E-state index contributed by atoms with van der Waals surface area (Å²) in [5.41, 5.74) is 4.97. The summed E-state index contributed by atoms with van der Waals surface area (Å²) in [6, 6.07) is 20.1. The number of carbonyl (C=O) groups is 1. The fourth-order valence-electron chi connectivity index (χ4n) is 4.20. The lowest BCUT2D eigenvalue weighted by atomic mass is 9.98. The minimum Gasteiger partial charge on any atom is -0.449 e. The molecule has 1 aliphatic carbocycles. The van der Waals surface area contributed by atoms with Crippen LogP contribution in [0.25, 0.3) is 17.2 Å². The van der Waals surface area contributed by atoms with Gasteiger partial charge in [-0.05, 0) is 58.9 Å². The number of hydrogen-bond donors (Lipinski definition) is 1. The maximum atomic E-state index is 12.9. The van der Waals surface area contributed by atoms with Crippen LogP contribution in [0.5, 0.6) is 0 Å². The quantitative estimate of drug-likeness (QED) is 0.412. The van der Waals surface area contributed by atoms with E-state index in [1.54, 1.807) is 25.1 Å². The van der Waals surface area contributed by atoms with Crippen LogP contribution < -0.4 is 5.32 Å². The standard InChI is InChI=1S/C27H24F3NO2/c1-18-14-19(16-20(15-18)27(28,29)30)8-6-7-13-31-26(32)33-17-25-23-11-4-2-9-21(23)22-10-3-5-12-24(22)25/h2-6,8-12,14-16,25H,7,13,17H2,1H3,(H,31,32). The Hall–Kier alpha value is -3.54. The summed E-state index contributed by atoms with van der Waals surface area (Å²) in [7, 11) is 0. The van der Waals surface area contributed by atoms with Crippen LogP contribution in [-0.2, 0) is 10.9 Å². The van der Waals surface area contributed by atoms with E-state index in [2.05, 4.69) is 29.6 Å². The molecule has 0 unspecified atom stereocenters. The minimum atomic E-state index is -4.37. The average molecular weight is 451 g/mol. The van der Waals surface area contributed by atoms with Crippen molar-refractivity contribution in [3.63, 3.8) is 0 Å². The van der Waals surface area contributed by atoms with Gasteiger partial charge in [-0.2, -0.15) is 13.2 Å². The Morgan fingerprint density at radius 1 is 1.00 bits per heavy atom. The van der Waals surface area contributed by atoms with Crippen molar-refractivity contribution in [3.05, 3.63) is 101 Å². The van der Waals surface area contributed by atoms with Crippen molar-refractivity contribution in [2.45, 2.75) is 25.4 Å². The summed E-state index contributed by atoms with van der Waals surface area (Å²) < 4.78 is 44.3. The van der Waals surface area contributed by atoms with Gasteiger partial charge in [0.2, 0.25) is 0 Å². The van der Waals surface area contributed by atoms with Crippen LogP contribution in [0, 0.1) is 6.92 Å². The maximum absolute atomic E-state index is 12.9. The molecule has 0 atom stereocenters. The monoisotopic (exact) mass is 451 g/mol.